The number of nitrogens with one attached hydrogen (secondary N) is 1. The zero-order chi connectivity index (χ0) is 24.2. The van der Waals surface area contributed by atoms with E-state index in [1.54, 1.807) is 20.4 Å². The highest BCUT2D eigenvalue weighted by molar-refractivity contribution is 5.91. The Morgan fingerprint density at radius 2 is 1.94 bits per heavy atom. The lowest BCUT2D eigenvalue weighted by molar-refractivity contribution is -0.132. The molecule has 0 spiro atoms. The predicted octanol–water partition coefficient (Wildman–Crippen LogP) is 1.33. The molecule has 1 saturated heterocycles. The largest absolute Gasteiger partial charge is 0.493 e. The number of ether oxygens (including phenoxy) is 2. The van der Waals surface area contributed by atoms with E-state index < -0.39 is 6.04 Å². The Balaban J connectivity index is 1.82. The Hall–Kier alpha value is -3.73. The second-order valence-corrected chi connectivity index (χ2v) is 7.83. The fourth-order valence-corrected chi connectivity index (χ4v) is 4.17. The van der Waals surface area contributed by atoms with E-state index in [-0.39, 0.29) is 11.9 Å². The second kappa shape index (κ2) is 10.0. The Morgan fingerprint density at radius 1 is 1.18 bits per heavy atom. The Bertz CT molecular complexity index is 1180. The van der Waals surface area contributed by atoms with Gasteiger partial charge >= 0.3 is 0 Å². The van der Waals surface area contributed by atoms with Gasteiger partial charge in [-0.15, -0.1) is 0 Å². The number of likely N-dealkylation sites (N-methyl/N-ethyl adjacent to an activating group) is 1. The second-order valence-electron chi connectivity index (χ2n) is 7.83. The standard InChI is InChI=1S/C23H30N8O3/c1-5-30(6-2)22(32)16-13-25-9-10-31(16)21-19-20(28-23(24)29-21)26-12-15(27-19)14-7-8-17(33-3)18(11-14)34-4/h7-8,11-12,16,25H,5-6,9-10,13H2,1-4H3,(H2,24,26,28,29). The molecule has 2 aromatic heterocycles. The number of methoxy groups -OCH3 is 2. The van der Waals surface area contributed by atoms with Crippen molar-refractivity contribution in [3.8, 4) is 22.8 Å². The van der Waals surface area contributed by atoms with E-state index in [9.17, 15) is 4.79 Å². The fourth-order valence-electron chi connectivity index (χ4n) is 4.17. The molecule has 3 heterocycles. The molecule has 1 amide bonds. The van der Waals surface area contributed by atoms with Crippen molar-refractivity contribution in [1.82, 2.24) is 30.2 Å². The van der Waals surface area contributed by atoms with Crippen LogP contribution < -0.4 is 25.4 Å². The molecular formula is C23H30N8O3. The molecule has 1 aliphatic rings. The van der Waals surface area contributed by atoms with Crippen LogP contribution in [0.2, 0.25) is 0 Å². The molecule has 3 aromatic rings. The van der Waals surface area contributed by atoms with E-state index in [4.69, 9.17) is 20.2 Å². The van der Waals surface area contributed by atoms with Crippen molar-refractivity contribution in [2.75, 3.05) is 57.6 Å². The first-order chi connectivity index (χ1) is 16.5. The van der Waals surface area contributed by atoms with Gasteiger partial charge in [0.25, 0.3) is 0 Å². The summed E-state index contributed by atoms with van der Waals surface area (Å²) < 4.78 is 10.8. The number of aromatic nitrogens is 4. The first-order valence-electron chi connectivity index (χ1n) is 11.3. The molecule has 0 bridgehead atoms. The summed E-state index contributed by atoms with van der Waals surface area (Å²) in [6.07, 6.45) is 1.64. The number of rotatable bonds is 7. The molecule has 4 rings (SSSR count). The van der Waals surface area contributed by atoms with Gasteiger partial charge in [-0.25, -0.2) is 9.97 Å². The van der Waals surface area contributed by atoms with Crippen molar-refractivity contribution in [3.63, 3.8) is 0 Å². The first-order valence-corrected chi connectivity index (χ1v) is 11.3. The molecular weight excluding hydrogens is 436 g/mol. The lowest BCUT2D eigenvalue weighted by Crippen LogP contribution is -2.59. The average Bonchev–Trinajstić information content (AvgIpc) is 2.88. The van der Waals surface area contributed by atoms with Gasteiger partial charge in [0.1, 0.15) is 6.04 Å². The van der Waals surface area contributed by atoms with Crippen molar-refractivity contribution < 1.29 is 14.3 Å². The Kier molecular flexibility index (Phi) is 6.92. The molecule has 11 nitrogen and oxygen atoms in total. The molecule has 0 radical (unpaired) electrons. The molecule has 1 fully saturated rings. The number of hydrogen-bond acceptors (Lipinski definition) is 10. The lowest BCUT2D eigenvalue weighted by Gasteiger charge is -2.38. The average molecular weight is 467 g/mol. The summed E-state index contributed by atoms with van der Waals surface area (Å²) in [7, 11) is 3.17. The number of carbonyl (C=O) groups excluding carboxylic acids is 1. The molecule has 1 atom stereocenters. The maximum absolute atomic E-state index is 13.3. The van der Waals surface area contributed by atoms with Crippen molar-refractivity contribution >= 4 is 28.8 Å². The first kappa shape index (κ1) is 23.4. The van der Waals surface area contributed by atoms with Crippen LogP contribution in [0.4, 0.5) is 11.8 Å². The van der Waals surface area contributed by atoms with Crippen LogP contribution in [0.3, 0.4) is 0 Å². The lowest BCUT2D eigenvalue weighted by atomic mass is 10.1. The number of carbonyl (C=O) groups is 1. The van der Waals surface area contributed by atoms with Crippen molar-refractivity contribution in [3.05, 3.63) is 24.4 Å². The predicted molar refractivity (Wildman–Crippen MR) is 130 cm³/mol. The molecule has 1 unspecified atom stereocenters. The summed E-state index contributed by atoms with van der Waals surface area (Å²) in [5.41, 5.74) is 8.30. The van der Waals surface area contributed by atoms with Crippen molar-refractivity contribution in [1.29, 1.82) is 0 Å². The van der Waals surface area contributed by atoms with Crippen LogP contribution >= 0.6 is 0 Å². The third-order valence-corrected chi connectivity index (χ3v) is 5.96. The van der Waals surface area contributed by atoms with Gasteiger partial charge in [-0.3, -0.25) is 4.79 Å². The molecule has 11 heteroatoms. The zero-order valence-electron chi connectivity index (χ0n) is 19.9. The van der Waals surface area contributed by atoms with E-state index in [1.807, 2.05) is 41.8 Å². The molecule has 0 saturated carbocycles. The molecule has 0 aliphatic carbocycles. The number of piperazine rings is 1. The number of nitrogen functional groups attached to an aromatic ring is 1. The molecule has 1 aliphatic heterocycles. The van der Waals surface area contributed by atoms with Gasteiger partial charge in [-0.1, -0.05) is 0 Å². The van der Waals surface area contributed by atoms with Crippen LogP contribution in [-0.4, -0.2) is 83.7 Å². The minimum atomic E-state index is -0.433. The number of anilines is 2. The van der Waals surface area contributed by atoms with Crippen LogP contribution in [0.1, 0.15) is 13.8 Å². The van der Waals surface area contributed by atoms with Crippen LogP contribution in [0.25, 0.3) is 22.4 Å². The van der Waals surface area contributed by atoms with Crippen LogP contribution in [-0.2, 0) is 4.79 Å². The Labute approximate surface area is 198 Å². The summed E-state index contributed by atoms with van der Waals surface area (Å²) >= 11 is 0. The summed E-state index contributed by atoms with van der Waals surface area (Å²) in [4.78, 5) is 35.2. The number of hydrogen-bond donors (Lipinski definition) is 2. The molecule has 180 valence electrons. The molecule has 3 N–H and O–H groups in total. The van der Waals surface area contributed by atoms with E-state index in [1.165, 1.54) is 0 Å². The van der Waals surface area contributed by atoms with Gasteiger partial charge < -0.3 is 30.3 Å². The van der Waals surface area contributed by atoms with Crippen molar-refractivity contribution in [2.45, 2.75) is 19.9 Å². The third-order valence-electron chi connectivity index (χ3n) is 5.96. The van der Waals surface area contributed by atoms with Crippen LogP contribution in [0, 0.1) is 0 Å². The highest BCUT2D eigenvalue weighted by Gasteiger charge is 2.33. The smallest absolute Gasteiger partial charge is 0.246 e. The third kappa shape index (κ3) is 4.38. The van der Waals surface area contributed by atoms with Gasteiger partial charge in [0, 0.05) is 38.3 Å². The van der Waals surface area contributed by atoms with E-state index in [0.717, 1.165) is 5.56 Å². The summed E-state index contributed by atoms with van der Waals surface area (Å²) in [5.74, 6) is 1.83. The fraction of sp³-hybridized carbons (Fsp3) is 0.435. The SMILES string of the molecule is CCN(CC)C(=O)C1CNCCN1c1nc(N)nc2ncc(-c3ccc(OC)c(OC)c3)nc12. The maximum atomic E-state index is 13.3. The van der Waals surface area contributed by atoms with E-state index in [0.29, 0.717) is 66.9 Å². The number of benzene rings is 1. The summed E-state index contributed by atoms with van der Waals surface area (Å²) in [6.45, 7) is 7.00. The number of nitrogens with zero attached hydrogens (tertiary/aromatic N) is 6. The summed E-state index contributed by atoms with van der Waals surface area (Å²) in [5, 5.41) is 3.32. The van der Waals surface area contributed by atoms with Crippen LogP contribution in [0.5, 0.6) is 11.5 Å². The highest BCUT2D eigenvalue weighted by Crippen LogP contribution is 2.33. The van der Waals surface area contributed by atoms with Gasteiger partial charge in [0.2, 0.25) is 11.9 Å². The van der Waals surface area contributed by atoms with Crippen LogP contribution in [0.15, 0.2) is 24.4 Å². The number of fused-ring (bicyclic) bond motifs is 1. The van der Waals surface area contributed by atoms with E-state index >= 15 is 0 Å². The Morgan fingerprint density at radius 3 is 2.65 bits per heavy atom. The number of nitrogens with two attached hydrogens (primary N) is 1. The topological polar surface area (TPSA) is 132 Å². The normalized spacial score (nSPS) is 15.9. The zero-order valence-corrected chi connectivity index (χ0v) is 19.9. The van der Waals surface area contributed by atoms with Gasteiger partial charge in [-0.2, -0.15) is 9.97 Å². The van der Waals surface area contributed by atoms with Gasteiger partial charge in [0.15, 0.2) is 28.5 Å². The quantitative estimate of drug-likeness (QED) is 0.526. The minimum Gasteiger partial charge on any atom is -0.493 e. The molecule has 1 aromatic carbocycles. The van der Waals surface area contributed by atoms with Gasteiger partial charge in [0.05, 0.1) is 26.1 Å². The van der Waals surface area contributed by atoms with Gasteiger partial charge in [-0.05, 0) is 32.0 Å². The monoisotopic (exact) mass is 466 g/mol. The van der Waals surface area contributed by atoms with Crippen molar-refractivity contribution in [2.24, 2.45) is 0 Å². The summed E-state index contributed by atoms with van der Waals surface area (Å²) in [6, 6.07) is 5.10. The van der Waals surface area contributed by atoms with E-state index in [2.05, 4.69) is 20.3 Å². The highest BCUT2D eigenvalue weighted by atomic mass is 16.5. The molecule has 34 heavy (non-hydrogen) atoms. The minimum absolute atomic E-state index is 0.0338. The maximum Gasteiger partial charge on any atom is 0.246 e. The number of amides is 1.